The molecule has 3 amide bonds. The van der Waals surface area contributed by atoms with E-state index in [0.29, 0.717) is 23.0 Å². The molecule has 3 N–H and O–H groups in total. The van der Waals surface area contributed by atoms with E-state index in [1.165, 1.54) is 0 Å². The molecule has 1 heterocycles. The normalized spacial score (nSPS) is 13.4. The second kappa shape index (κ2) is 7.08. The molecule has 0 spiro atoms. The summed E-state index contributed by atoms with van der Waals surface area (Å²) in [4.78, 5) is 24.3. The molecule has 0 saturated heterocycles. The van der Waals surface area contributed by atoms with Crippen molar-refractivity contribution in [2.75, 3.05) is 10.6 Å². The third-order valence-corrected chi connectivity index (χ3v) is 4.91. The standard InChI is InChI=1S/C20H18BrN3O3/c1-11-16-10-12(21)2-9-17(16)27-18(11)19(25)22-13-3-5-14(6-4-13)23-20(26)24-15-7-8-15/h2-6,9-10,15H,7-8H2,1H3,(H,22,25)(H2,23,24,26). The van der Waals surface area contributed by atoms with Gasteiger partial charge in [0, 0.05) is 32.8 Å². The molecule has 0 unspecified atom stereocenters. The highest BCUT2D eigenvalue weighted by Gasteiger charge is 2.23. The van der Waals surface area contributed by atoms with E-state index >= 15 is 0 Å². The van der Waals surface area contributed by atoms with Gasteiger partial charge in [0.05, 0.1) is 0 Å². The van der Waals surface area contributed by atoms with Crippen LogP contribution in [0.1, 0.15) is 29.0 Å². The number of furan rings is 1. The third-order valence-electron chi connectivity index (χ3n) is 4.42. The number of hydrogen-bond acceptors (Lipinski definition) is 3. The molecule has 0 radical (unpaired) electrons. The Morgan fingerprint density at radius 2 is 1.70 bits per heavy atom. The number of urea groups is 1. The van der Waals surface area contributed by atoms with Gasteiger partial charge in [0.1, 0.15) is 5.58 Å². The molecule has 1 fully saturated rings. The molecular weight excluding hydrogens is 410 g/mol. The molecule has 7 heteroatoms. The van der Waals surface area contributed by atoms with E-state index in [-0.39, 0.29) is 17.7 Å². The Labute approximate surface area is 164 Å². The van der Waals surface area contributed by atoms with Crippen LogP contribution >= 0.6 is 15.9 Å². The SMILES string of the molecule is Cc1c(C(=O)Nc2ccc(NC(=O)NC3CC3)cc2)oc2ccc(Br)cc12. The van der Waals surface area contributed by atoms with E-state index in [2.05, 4.69) is 31.9 Å². The number of carbonyl (C=O) groups is 2. The Kier molecular flexibility index (Phi) is 4.61. The van der Waals surface area contributed by atoms with Crippen molar-refractivity contribution >= 4 is 50.2 Å². The van der Waals surface area contributed by atoms with Crippen molar-refractivity contribution in [3.05, 3.63) is 58.3 Å². The molecule has 0 aliphatic heterocycles. The fraction of sp³-hybridized carbons (Fsp3) is 0.200. The highest BCUT2D eigenvalue weighted by molar-refractivity contribution is 9.10. The number of amides is 3. The van der Waals surface area contributed by atoms with Crippen LogP contribution in [-0.2, 0) is 0 Å². The zero-order valence-corrected chi connectivity index (χ0v) is 16.2. The van der Waals surface area contributed by atoms with E-state index in [9.17, 15) is 9.59 Å². The minimum atomic E-state index is -0.313. The molecule has 1 aliphatic rings. The van der Waals surface area contributed by atoms with Gasteiger partial charge in [-0.05, 0) is 62.2 Å². The van der Waals surface area contributed by atoms with Gasteiger partial charge < -0.3 is 20.4 Å². The Balaban J connectivity index is 1.44. The van der Waals surface area contributed by atoms with Crippen molar-refractivity contribution < 1.29 is 14.0 Å². The van der Waals surface area contributed by atoms with Crippen molar-refractivity contribution in [3.63, 3.8) is 0 Å². The largest absolute Gasteiger partial charge is 0.451 e. The third kappa shape index (κ3) is 3.98. The highest BCUT2D eigenvalue weighted by Crippen LogP contribution is 2.28. The van der Waals surface area contributed by atoms with Crippen LogP contribution in [0.5, 0.6) is 0 Å². The van der Waals surface area contributed by atoms with Crippen LogP contribution in [0.2, 0.25) is 0 Å². The van der Waals surface area contributed by atoms with Gasteiger partial charge in [0.15, 0.2) is 5.76 Å². The lowest BCUT2D eigenvalue weighted by molar-refractivity contribution is 0.0998. The summed E-state index contributed by atoms with van der Waals surface area (Å²) >= 11 is 3.43. The van der Waals surface area contributed by atoms with E-state index < -0.39 is 0 Å². The van der Waals surface area contributed by atoms with Gasteiger partial charge in [-0.25, -0.2) is 4.79 Å². The smallest absolute Gasteiger partial charge is 0.319 e. The second-order valence-electron chi connectivity index (χ2n) is 6.60. The quantitative estimate of drug-likeness (QED) is 0.545. The lowest BCUT2D eigenvalue weighted by Crippen LogP contribution is -2.30. The van der Waals surface area contributed by atoms with E-state index in [1.807, 2.05) is 25.1 Å². The first-order valence-electron chi connectivity index (χ1n) is 8.67. The summed E-state index contributed by atoms with van der Waals surface area (Å²) in [5.41, 5.74) is 2.74. The Morgan fingerprint density at radius 3 is 2.37 bits per heavy atom. The molecule has 3 aromatic rings. The zero-order valence-electron chi connectivity index (χ0n) is 14.6. The monoisotopic (exact) mass is 427 g/mol. The predicted octanol–water partition coefficient (Wildman–Crippen LogP) is 5.04. The Bertz CT molecular complexity index is 1020. The molecule has 2 aromatic carbocycles. The maximum Gasteiger partial charge on any atom is 0.319 e. The number of fused-ring (bicyclic) bond motifs is 1. The highest BCUT2D eigenvalue weighted by atomic mass is 79.9. The molecule has 4 rings (SSSR count). The van der Waals surface area contributed by atoms with Crippen molar-refractivity contribution in [2.24, 2.45) is 0 Å². The van der Waals surface area contributed by atoms with Crippen LogP contribution < -0.4 is 16.0 Å². The van der Waals surface area contributed by atoms with Gasteiger partial charge in [-0.15, -0.1) is 0 Å². The number of hydrogen-bond donors (Lipinski definition) is 3. The first-order chi connectivity index (χ1) is 13.0. The number of halogens is 1. The molecule has 138 valence electrons. The minimum absolute atomic E-state index is 0.210. The van der Waals surface area contributed by atoms with Gasteiger partial charge >= 0.3 is 6.03 Å². The molecule has 1 aromatic heterocycles. The van der Waals surface area contributed by atoms with Gasteiger partial charge in [-0.2, -0.15) is 0 Å². The minimum Gasteiger partial charge on any atom is -0.451 e. The summed E-state index contributed by atoms with van der Waals surface area (Å²) in [5, 5.41) is 9.35. The predicted molar refractivity (Wildman–Crippen MR) is 108 cm³/mol. The summed E-state index contributed by atoms with van der Waals surface area (Å²) in [6.07, 6.45) is 2.08. The number of benzene rings is 2. The van der Waals surface area contributed by atoms with Gasteiger partial charge in [0.2, 0.25) is 0 Å². The van der Waals surface area contributed by atoms with E-state index in [4.69, 9.17) is 4.42 Å². The number of rotatable bonds is 4. The molecule has 6 nitrogen and oxygen atoms in total. The maximum atomic E-state index is 12.6. The summed E-state index contributed by atoms with van der Waals surface area (Å²) in [6, 6.07) is 12.7. The van der Waals surface area contributed by atoms with E-state index in [1.54, 1.807) is 24.3 Å². The van der Waals surface area contributed by atoms with Crippen molar-refractivity contribution in [3.8, 4) is 0 Å². The van der Waals surface area contributed by atoms with Gasteiger partial charge in [-0.3, -0.25) is 4.79 Å². The molecular formula is C20H18BrN3O3. The van der Waals surface area contributed by atoms with Crippen LogP contribution in [0.3, 0.4) is 0 Å². The molecule has 27 heavy (non-hydrogen) atoms. The second-order valence-corrected chi connectivity index (χ2v) is 7.52. The molecule has 1 aliphatic carbocycles. The first-order valence-corrected chi connectivity index (χ1v) is 9.46. The summed E-state index contributed by atoms with van der Waals surface area (Å²) < 4.78 is 6.64. The van der Waals surface area contributed by atoms with Crippen LogP contribution in [-0.4, -0.2) is 18.0 Å². The summed E-state index contributed by atoms with van der Waals surface area (Å²) in [7, 11) is 0. The number of nitrogens with one attached hydrogen (secondary N) is 3. The maximum absolute atomic E-state index is 12.6. The van der Waals surface area contributed by atoms with Crippen molar-refractivity contribution in [1.29, 1.82) is 0 Å². The first kappa shape index (κ1) is 17.6. The summed E-state index contributed by atoms with van der Waals surface area (Å²) in [5.74, 6) is -0.0267. The topological polar surface area (TPSA) is 83.4 Å². The van der Waals surface area contributed by atoms with Crippen LogP contribution in [0.15, 0.2) is 51.4 Å². The van der Waals surface area contributed by atoms with Gasteiger partial charge in [0.25, 0.3) is 5.91 Å². The lowest BCUT2D eigenvalue weighted by Gasteiger charge is -2.08. The van der Waals surface area contributed by atoms with Crippen molar-refractivity contribution in [2.45, 2.75) is 25.8 Å². The van der Waals surface area contributed by atoms with Gasteiger partial charge in [-0.1, -0.05) is 15.9 Å². The number of carbonyl (C=O) groups excluding carboxylic acids is 2. The van der Waals surface area contributed by atoms with Crippen LogP contribution in [0, 0.1) is 6.92 Å². The zero-order chi connectivity index (χ0) is 19.0. The van der Waals surface area contributed by atoms with Crippen LogP contribution in [0.25, 0.3) is 11.0 Å². The molecule has 0 bridgehead atoms. The fourth-order valence-electron chi connectivity index (χ4n) is 2.81. The summed E-state index contributed by atoms with van der Waals surface area (Å²) in [6.45, 7) is 1.86. The molecule has 0 atom stereocenters. The van der Waals surface area contributed by atoms with E-state index in [0.717, 1.165) is 28.3 Å². The number of anilines is 2. The lowest BCUT2D eigenvalue weighted by atomic mass is 10.1. The average Bonchev–Trinajstić information content (AvgIpc) is 3.39. The Hall–Kier alpha value is -2.80. The average molecular weight is 428 g/mol. The fourth-order valence-corrected chi connectivity index (χ4v) is 3.18. The number of aryl methyl sites for hydroxylation is 1. The van der Waals surface area contributed by atoms with Crippen LogP contribution in [0.4, 0.5) is 16.2 Å². The van der Waals surface area contributed by atoms with Crippen molar-refractivity contribution in [1.82, 2.24) is 5.32 Å². The Morgan fingerprint density at radius 1 is 1.04 bits per heavy atom. The molecule has 1 saturated carbocycles.